The van der Waals surface area contributed by atoms with Gasteiger partial charge in [0.1, 0.15) is 17.1 Å². The maximum atomic E-state index is 13.7. The van der Waals surface area contributed by atoms with E-state index in [-0.39, 0.29) is 16.0 Å². The van der Waals surface area contributed by atoms with Crippen molar-refractivity contribution in [2.45, 2.75) is 0 Å². The summed E-state index contributed by atoms with van der Waals surface area (Å²) in [6.07, 6.45) is 1.09. The van der Waals surface area contributed by atoms with E-state index >= 15 is 0 Å². The van der Waals surface area contributed by atoms with E-state index in [1.165, 1.54) is 29.9 Å². The number of aliphatic imine (C=N–C) groups is 1. The van der Waals surface area contributed by atoms with Crippen LogP contribution in [0.4, 0.5) is 10.1 Å². The summed E-state index contributed by atoms with van der Waals surface area (Å²) in [7, 11) is 1.48. The van der Waals surface area contributed by atoms with Crippen LogP contribution in [0.5, 0.6) is 11.6 Å². The fraction of sp³-hybridized carbons (Fsp3) is 0.0556. The molecule has 0 bridgehead atoms. The van der Waals surface area contributed by atoms with Gasteiger partial charge in [-0.25, -0.2) is 4.39 Å². The van der Waals surface area contributed by atoms with Crippen molar-refractivity contribution < 1.29 is 14.2 Å². The van der Waals surface area contributed by atoms with E-state index in [2.05, 4.69) is 9.98 Å². The van der Waals surface area contributed by atoms with Gasteiger partial charge in [0.2, 0.25) is 5.88 Å². The highest BCUT2D eigenvalue weighted by molar-refractivity contribution is 7.71. The maximum absolute atomic E-state index is 13.7. The van der Waals surface area contributed by atoms with Crippen molar-refractivity contribution in [1.82, 2.24) is 9.55 Å². The van der Waals surface area contributed by atoms with Crippen LogP contribution in [-0.2, 0) is 0 Å². The van der Waals surface area contributed by atoms with E-state index < -0.39 is 17.3 Å². The molecule has 0 aliphatic carbocycles. The van der Waals surface area contributed by atoms with Gasteiger partial charge in [0.25, 0.3) is 5.56 Å². The van der Waals surface area contributed by atoms with Gasteiger partial charge in [-0.05, 0) is 36.5 Å². The minimum atomic E-state index is -0.640. The zero-order chi connectivity index (χ0) is 18.7. The highest BCUT2D eigenvalue weighted by Gasteiger charge is 2.15. The molecule has 2 N–H and O–H groups in total. The summed E-state index contributed by atoms with van der Waals surface area (Å²) < 4.78 is 20.2. The molecule has 26 heavy (non-hydrogen) atoms. The summed E-state index contributed by atoms with van der Waals surface area (Å²) in [5.74, 6) is -0.525. The van der Waals surface area contributed by atoms with Crippen LogP contribution in [0.1, 0.15) is 5.56 Å². The largest absolute Gasteiger partial charge is 0.495 e. The van der Waals surface area contributed by atoms with Crippen molar-refractivity contribution in [2.24, 2.45) is 4.99 Å². The van der Waals surface area contributed by atoms with E-state index in [1.54, 1.807) is 30.3 Å². The molecule has 0 unspecified atom stereocenters. The third-order valence-corrected chi connectivity index (χ3v) is 3.92. The van der Waals surface area contributed by atoms with Crippen LogP contribution in [0, 0.1) is 10.6 Å². The number of ether oxygens (including phenoxy) is 1. The molecule has 0 radical (unpaired) electrons. The van der Waals surface area contributed by atoms with Gasteiger partial charge in [0.15, 0.2) is 4.77 Å². The third kappa shape index (κ3) is 3.27. The summed E-state index contributed by atoms with van der Waals surface area (Å²) in [5.41, 5.74) is -0.321. The zero-order valence-corrected chi connectivity index (χ0v) is 14.5. The number of methoxy groups -OCH3 is 1. The second kappa shape index (κ2) is 7.32. The number of hydrogen-bond acceptors (Lipinski definition) is 5. The van der Waals surface area contributed by atoms with Crippen LogP contribution in [-0.4, -0.2) is 28.0 Å². The highest BCUT2D eigenvalue weighted by Crippen LogP contribution is 2.27. The molecule has 0 fully saturated rings. The SMILES string of the molecule is COc1ccccc1-n1c(O)c(C=Nc2ccccc2F)c(=O)[nH]c1=S. The molecule has 0 saturated heterocycles. The monoisotopic (exact) mass is 371 g/mol. The first-order chi connectivity index (χ1) is 12.5. The topological polar surface area (TPSA) is 79.6 Å². The molecule has 6 nitrogen and oxygen atoms in total. The van der Waals surface area contributed by atoms with Crippen LogP contribution in [0.25, 0.3) is 5.69 Å². The lowest BCUT2D eigenvalue weighted by molar-refractivity contribution is 0.402. The van der Waals surface area contributed by atoms with Crippen molar-refractivity contribution in [1.29, 1.82) is 0 Å². The maximum Gasteiger partial charge on any atom is 0.264 e. The standard InChI is InChI=1S/C18H14FN3O3S/c1-25-15-9-5-4-8-14(15)22-17(24)11(16(23)21-18(22)26)10-20-13-7-3-2-6-12(13)19/h2-10,24H,1H3,(H,21,23,26). The number of H-pyrrole nitrogens is 1. The average molecular weight is 371 g/mol. The van der Waals surface area contributed by atoms with Crippen molar-refractivity contribution in [3.05, 3.63) is 75.0 Å². The fourth-order valence-electron chi connectivity index (χ4n) is 2.38. The Labute approximate surface area is 152 Å². The smallest absolute Gasteiger partial charge is 0.264 e. The Bertz CT molecular complexity index is 1110. The van der Waals surface area contributed by atoms with Gasteiger partial charge in [-0.2, -0.15) is 0 Å². The molecule has 2 aromatic carbocycles. The van der Waals surface area contributed by atoms with Crippen LogP contribution >= 0.6 is 12.2 Å². The normalized spacial score (nSPS) is 11.0. The summed E-state index contributed by atoms with van der Waals surface area (Å²) in [4.78, 5) is 18.6. The molecule has 1 heterocycles. The predicted molar refractivity (Wildman–Crippen MR) is 99.1 cm³/mol. The third-order valence-electron chi connectivity index (χ3n) is 3.63. The van der Waals surface area contributed by atoms with Gasteiger partial charge < -0.3 is 9.84 Å². The predicted octanol–water partition coefficient (Wildman–Crippen LogP) is 3.50. The van der Waals surface area contributed by atoms with Gasteiger partial charge in [0, 0.05) is 6.21 Å². The number of nitrogens with one attached hydrogen (secondary N) is 1. The fourth-order valence-corrected chi connectivity index (χ4v) is 2.66. The molecule has 3 aromatic rings. The lowest BCUT2D eigenvalue weighted by atomic mass is 10.2. The van der Waals surface area contributed by atoms with E-state index in [0.717, 1.165) is 6.21 Å². The van der Waals surface area contributed by atoms with Crippen LogP contribution in [0.3, 0.4) is 0 Å². The van der Waals surface area contributed by atoms with Gasteiger partial charge in [0.05, 0.1) is 18.5 Å². The minimum Gasteiger partial charge on any atom is -0.495 e. The second-order valence-electron chi connectivity index (χ2n) is 5.21. The average Bonchev–Trinajstić information content (AvgIpc) is 2.63. The molecule has 1 aromatic heterocycles. The Morgan fingerprint density at radius 2 is 1.92 bits per heavy atom. The van der Waals surface area contributed by atoms with Crippen molar-refractivity contribution in [2.75, 3.05) is 7.11 Å². The number of benzene rings is 2. The van der Waals surface area contributed by atoms with Crippen molar-refractivity contribution in [3.8, 4) is 17.3 Å². The molecule has 0 spiro atoms. The quantitative estimate of drug-likeness (QED) is 0.543. The van der Waals surface area contributed by atoms with E-state index in [9.17, 15) is 14.3 Å². The highest BCUT2D eigenvalue weighted by atomic mass is 32.1. The number of rotatable bonds is 4. The zero-order valence-electron chi connectivity index (χ0n) is 13.6. The van der Waals surface area contributed by atoms with Crippen molar-refractivity contribution >= 4 is 24.1 Å². The summed E-state index contributed by atoms with van der Waals surface area (Å²) in [5, 5.41) is 10.6. The first-order valence-electron chi connectivity index (χ1n) is 7.53. The molecular formula is C18H14FN3O3S. The summed E-state index contributed by atoms with van der Waals surface area (Å²) in [6, 6.07) is 12.7. The number of aromatic amines is 1. The second-order valence-corrected chi connectivity index (χ2v) is 5.60. The Kier molecular flexibility index (Phi) is 4.94. The number of aromatic hydroxyl groups is 1. The van der Waals surface area contributed by atoms with Gasteiger partial charge in [-0.15, -0.1) is 0 Å². The first-order valence-corrected chi connectivity index (χ1v) is 7.94. The molecule has 0 saturated carbocycles. The summed E-state index contributed by atoms with van der Waals surface area (Å²) in [6.45, 7) is 0. The van der Waals surface area contributed by atoms with E-state index in [0.29, 0.717) is 11.4 Å². The Hall–Kier alpha value is -3.26. The van der Waals surface area contributed by atoms with E-state index in [1.807, 2.05) is 0 Å². The number of para-hydroxylation sites is 3. The Balaban J connectivity index is 2.18. The molecule has 132 valence electrons. The number of halogens is 1. The van der Waals surface area contributed by atoms with Crippen molar-refractivity contribution in [3.63, 3.8) is 0 Å². The molecule has 0 aliphatic heterocycles. The number of hydrogen-bond donors (Lipinski definition) is 2. The number of aromatic nitrogens is 2. The number of nitrogens with zero attached hydrogens (tertiary/aromatic N) is 2. The minimum absolute atomic E-state index is 0.0139. The van der Waals surface area contributed by atoms with Gasteiger partial charge >= 0.3 is 0 Å². The lowest BCUT2D eigenvalue weighted by Crippen LogP contribution is -2.18. The molecule has 0 atom stereocenters. The molecule has 0 aliphatic rings. The first kappa shape index (κ1) is 17.6. The Morgan fingerprint density at radius 3 is 2.65 bits per heavy atom. The van der Waals surface area contributed by atoms with Crippen LogP contribution < -0.4 is 10.3 Å². The van der Waals surface area contributed by atoms with Crippen LogP contribution in [0.2, 0.25) is 0 Å². The molecule has 8 heteroatoms. The summed E-state index contributed by atoms with van der Waals surface area (Å²) >= 11 is 5.16. The molecule has 0 amide bonds. The van der Waals surface area contributed by atoms with Gasteiger partial charge in [-0.3, -0.25) is 19.3 Å². The Morgan fingerprint density at radius 1 is 1.23 bits per heavy atom. The van der Waals surface area contributed by atoms with E-state index in [4.69, 9.17) is 17.0 Å². The van der Waals surface area contributed by atoms with Gasteiger partial charge in [-0.1, -0.05) is 24.3 Å². The lowest BCUT2D eigenvalue weighted by Gasteiger charge is -2.14. The molecule has 3 rings (SSSR count). The van der Waals surface area contributed by atoms with Crippen LogP contribution in [0.15, 0.2) is 58.3 Å². The molecular weight excluding hydrogens is 357 g/mol.